The van der Waals surface area contributed by atoms with Crippen LogP contribution in [-0.4, -0.2) is 21.1 Å². The first-order valence-corrected chi connectivity index (χ1v) is 30.9. The topological polar surface area (TPSA) is 0 Å². The zero-order valence-corrected chi connectivity index (χ0v) is 46.5. The smallest absolute Gasteiger partial charge is 0.195 e. The molecule has 11 rings (SSSR count). The highest BCUT2D eigenvalue weighted by atomic mass is 31.1. The number of hydrogen-bond acceptors (Lipinski definition) is 0. The summed E-state index contributed by atoms with van der Waals surface area (Å²) >= 11 is 0. The second-order valence-corrected chi connectivity index (χ2v) is 25.4. The van der Waals surface area contributed by atoms with Crippen molar-refractivity contribution in [2.45, 2.75) is 38.9 Å². The van der Waals surface area contributed by atoms with E-state index in [1.54, 1.807) is 0 Å². The SMILES string of the molecule is CC[Si+](CC)CC.c1ccc([B-](c2ccccc2)(c2ccccc2)c2ccccc2)cc1.c1ccc([B-](c2ccccc2)(c2ccccc2)c2ccccc2)cc1.c1ccc([PH+](c2ccccc2)c2ccccc2)cc1. The van der Waals surface area contributed by atoms with Crippen LogP contribution in [-0.2, 0) is 0 Å². The van der Waals surface area contributed by atoms with E-state index in [4.69, 9.17) is 0 Å². The molecule has 0 spiro atoms. The van der Waals surface area contributed by atoms with E-state index < -0.39 is 20.2 Å². The maximum Gasteiger partial charge on any atom is 0.313 e. The summed E-state index contributed by atoms with van der Waals surface area (Å²) in [6.07, 6.45) is -2.43. The lowest BCUT2D eigenvalue weighted by atomic mass is 9.13. The van der Waals surface area contributed by atoms with Crippen LogP contribution in [0.2, 0.25) is 18.1 Å². The molecule has 0 aliphatic carbocycles. The standard InChI is InChI=1S/2C24H20B.C18H15P.C6H15Si/c2*1-5-13-21(14-6-1)25(22-15-7-2-8-16-22,23-17-9-3-10-18-23)24-19-11-4-12-20-24;1-4-10-16(11-5-1)19(17-12-6-2-7-13-17)18-14-8-3-9-15-18;1-4-7(5-2)6-3/h2*1-20H;1-15H;4-6H2,1-3H3/q2*-1;;+1/p+1. The first kappa shape index (κ1) is 54.5. The minimum absolute atomic E-state index is 0.137. The van der Waals surface area contributed by atoms with Crippen molar-refractivity contribution in [1.29, 1.82) is 0 Å². The molecule has 0 unspecified atom stereocenters. The minimum Gasteiger partial charge on any atom is -0.195 e. The third-order valence-electron chi connectivity index (χ3n) is 15.1. The molecule has 0 saturated heterocycles. The predicted molar refractivity (Wildman–Crippen MR) is 344 cm³/mol. The Labute approximate surface area is 458 Å². The zero-order valence-electron chi connectivity index (χ0n) is 44.5. The lowest BCUT2D eigenvalue weighted by molar-refractivity contribution is 1.24. The Hall–Kier alpha value is -7.80. The average molecular weight is 1020 g/mol. The van der Waals surface area contributed by atoms with Gasteiger partial charge < -0.3 is 0 Å². The molecule has 0 aromatic heterocycles. The maximum absolute atomic E-state index is 2.31. The molecule has 0 fully saturated rings. The lowest BCUT2D eigenvalue weighted by Crippen LogP contribution is -2.74. The molecule has 0 nitrogen and oxygen atoms in total. The predicted octanol–water partition coefficient (Wildman–Crippen LogP) is 11.8. The van der Waals surface area contributed by atoms with Crippen molar-refractivity contribution in [3.63, 3.8) is 0 Å². The summed E-state index contributed by atoms with van der Waals surface area (Å²) in [4.78, 5) is 0. The lowest BCUT2D eigenvalue weighted by Gasteiger charge is -2.44. The normalized spacial score (nSPS) is 10.8. The highest BCUT2D eigenvalue weighted by molar-refractivity contribution is 7.79. The van der Waals surface area contributed by atoms with E-state index in [0.29, 0.717) is 0 Å². The Morgan fingerprint density at radius 3 is 0.461 bits per heavy atom. The van der Waals surface area contributed by atoms with Gasteiger partial charge in [-0.15, -0.1) is 0 Å². The van der Waals surface area contributed by atoms with Gasteiger partial charge >= 0.3 is 8.80 Å². The van der Waals surface area contributed by atoms with E-state index in [0.717, 1.165) is 0 Å². The van der Waals surface area contributed by atoms with Gasteiger partial charge in [0.15, 0.2) is 0 Å². The first-order valence-electron chi connectivity index (χ1n) is 27.3. The molecule has 0 N–H and O–H groups in total. The van der Waals surface area contributed by atoms with Crippen LogP contribution in [0.5, 0.6) is 0 Å². The van der Waals surface area contributed by atoms with Crippen molar-refractivity contribution >= 4 is 88.6 Å². The fourth-order valence-corrected chi connectivity index (χ4v) is 15.4. The van der Waals surface area contributed by atoms with Gasteiger partial charge in [-0.25, -0.2) is 0 Å². The van der Waals surface area contributed by atoms with Crippen LogP contribution < -0.4 is 59.6 Å². The second kappa shape index (κ2) is 28.8. The van der Waals surface area contributed by atoms with Gasteiger partial charge in [0, 0.05) is 0 Å². The molecule has 0 atom stereocenters. The van der Waals surface area contributed by atoms with Gasteiger partial charge in [0.05, 0.1) is 26.1 Å². The van der Waals surface area contributed by atoms with Gasteiger partial charge in [-0.1, -0.05) is 297 Å². The Morgan fingerprint density at radius 1 is 0.211 bits per heavy atom. The van der Waals surface area contributed by atoms with Crippen molar-refractivity contribution in [2.75, 3.05) is 0 Å². The van der Waals surface area contributed by atoms with Crippen molar-refractivity contribution in [3.8, 4) is 0 Å². The van der Waals surface area contributed by atoms with Crippen LogP contribution in [0.25, 0.3) is 0 Å². The summed E-state index contributed by atoms with van der Waals surface area (Å²) in [5.74, 6) is 0. The Bertz CT molecular complexity index is 2680. The Morgan fingerprint density at radius 2 is 0.342 bits per heavy atom. The molecule has 76 heavy (non-hydrogen) atoms. The maximum atomic E-state index is 2.31. The van der Waals surface area contributed by atoms with Crippen molar-refractivity contribution < 1.29 is 0 Å². The monoisotopic (exact) mass is 1020 g/mol. The molecular weight excluding hydrogens is 945 g/mol. The molecule has 0 radical (unpaired) electrons. The summed E-state index contributed by atoms with van der Waals surface area (Å²) in [5, 5.41) is 4.31. The van der Waals surface area contributed by atoms with Gasteiger partial charge in [-0.3, -0.25) is 0 Å². The third kappa shape index (κ3) is 13.2. The molecule has 4 heteroatoms. The molecule has 0 aliphatic rings. The van der Waals surface area contributed by atoms with E-state index in [1.165, 1.54) is 77.7 Å². The van der Waals surface area contributed by atoms with Crippen LogP contribution in [0.3, 0.4) is 0 Å². The number of hydrogen-bond donors (Lipinski definition) is 0. The molecule has 11 aromatic carbocycles. The molecule has 0 bridgehead atoms. The first-order chi connectivity index (χ1) is 37.6. The van der Waals surface area contributed by atoms with E-state index in [-0.39, 0.29) is 8.80 Å². The van der Waals surface area contributed by atoms with Crippen LogP contribution in [0.1, 0.15) is 20.8 Å². The minimum atomic E-state index is -1.22. The van der Waals surface area contributed by atoms with Crippen LogP contribution >= 0.6 is 7.92 Å². The summed E-state index contributed by atoms with van der Waals surface area (Å²) in [6, 6.07) is 124. The van der Waals surface area contributed by atoms with E-state index in [2.05, 4.69) is 354 Å². The Balaban J connectivity index is 0.000000143. The highest BCUT2D eigenvalue weighted by Gasteiger charge is 2.32. The average Bonchev–Trinajstić information content (AvgIpc) is 3.58. The summed E-state index contributed by atoms with van der Waals surface area (Å²) in [6.45, 7) is 6.92. The Kier molecular flexibility index (Phi) is 20.6. The molecule has 374 valence electrons. The highest BCUT2D eigenvalue weighted by Crippen LogP contribution is 2.32. The fourth-order valence-electron chi connectivity index (χ4n) is 11.3. The largest absolute Gasteiger partial charge is 0.313 e. The van der Waals surface area contributed by atoms with Crippen LogP contribution in [0.4, 0.5) is 0 Å². The third-order valence-corrected chi connectivity index (χ3v) is 20.8. The van der Waals surface area contributed by atoms with E-state index in [1.807, 2.05) is 0 Å². The van der Waals surface area contributed by atoms with Gasteiger partial charge in [0.2, 0.25) is 0 Å². The van der Waals surface area contributed by atoms with Gasteiger partial charge in [0.25, 0.3) is 0 Å². The van der Waals surface area contributed by atoms with Gasteiger partial charge in [-0.2, -0.15) is 43.7 Å². The molecule has 0 aliphatic heterocycles. The number of rotatable bonds is 14. The summed E-state index contributed by atoms with van der Waals surface area (Å²) in [7, 11) is -0.740. The van der Waals surface area contributed by atoms with E-state index in [9.17, 15) is 0 Å². The van der Waals surface area contributed by atoms with Gasteiger partial charge in [-0.05, 0) is 57.2 Å². The van der Waals surface area contributed by atoms with Crippen LogP contribution in [0.15, 0.2) is 334 Å². The number of benzene rings is 11. The second-order valence-electron chi connectivity index (χ2n) is 19.3. The van der Waals surface area contributed by atoms with E-state index >= 15 is 0 Å². The fraction of sp³-hybridized carbons (Fsp3) is 0.0833. The summed E-state index contributed by atoms with van der Waals surface area (Å²) in [5.41, 5.74) is 10.7. The van der Waals surface area contributed by atoms with Crippen molar-refractivity contribution in [2.24, 2.45) is 0 Å². The molecule has 0 heterocycles. The molecular formula is C72H71B2PSi. The quantitative estimate of drug-likeness (QED) is 0.0752. The summed E-state index contributed by atoms with van der Waals surface area (Å²) < 4.78 is 0. The zero-order chi connectivity index (χ0) is 52.5. The molecule has 0 saturated carbocycles. The molecule has 0 amide bonds. The van der Waals surface area contributed by atoms with Gasteiger partial charge in [0.1, 0.15) is 28.2 Å². The van der Waals surface area contributed by atoms with Crippen molar-refractivity contribution in [1.82, 2.24) is 0 Å². The molecule has 11 aromatic rings. The van der Waals surface area contributed by atoms with Crippen molar-refractivity contribution in [3.05, 3.63) is 334 Å². The van der Waals surface area contributed by atoms with Crippen LogP contribution in [0, 0.1) is 0 Å².